The number of rotatable bonds is 2. The quantitative estimate of drug-likeness (QED) is 0.778. The van der Waals surface area contributed by atoms with E-state index in [2.05, 4.69) is 0 Å². The van der Waals surface area contributed by atoms with Crippen LogP contribution in [0.15, 0.2) is 24.3 Å². The van der Waals surface area contributed by atoms with Gasteiger partial charge in [0.25, 0.3) is 0 Å². The Kier molecular flexibility index (Phi) is 2.44. The molecule has 0 amide bonds. The Hall–Kier alpha value is -1.06. The molecule has 2 rings (SSSR count). The van der Waals surface area contributed by atoms with Gasteiger partial charge < -0.3 is 14.6 Å². The van der Waals surface area contributed by atoms with Crippen molar-refractivity contribution in [1.82, 2.24) is 0 Å². The third kappa shape index (κ3) is 1.49. The number of hydrogen-bond acceptors (Lipinski definition) is 3. The summed E-state index contributed by atoms with van der Waals surface area (Å²) in [6.07, 6.45) is 0.840. The van der Waals surface area contributed by atoms with Crippen LogP contribution in [-0.4, -0.2) is 25.4 Å². The molecule has 3 heteroatoms. The van der Waals surface area contributed by atoms with Crippen LogP contribution in [0.3, 0.4) is 0 Å². The Morgan fingerprint density at radius 3 is 2.93 bits per heavy atom. The molecule has 1 fully saturated rings. The summed E-state index contributed by atoms with van der Waals surface area (Å²) in [5.74, 6) is 0.269. The van der Waals surface area contributed by atoms with Crippen LogP contribution in [0.25, 0.3) is 0 Å². The van der Waals surface area contributed by atoms with E-state index < -0.39 is 0 Å². The number of phenols is 1. The standard InChI is InChI=1S/C11H14O3/c1-13-11(5-6-14-8-11)9-3-2-4-10(12)7-9/h2-4,7,12H,5-6,8H2,1H3. The third-order valence-corrected chi connectivity index (χ3v) is 2.75. The molecule has 0 saturated carbocycles. The van der Waals surface area contributed by atoms with Crippen LogP contribution in [-0.2, 0) is 15.1 Å². The predicted octanol–water partition coefficient (Wildman–Crippen LogP) is 1.65. The predicted molar refractivity (Wildman–Crippen MR) is 52.2 cm³/mol. The number of aromatic hydroxyl groups is 1. The van der Waals surface area contributed by atoms with E-state index in [9.17, 15) is 5.11 Å². The second kappa shape index (κ2) is 3.59. The summed E-state index contributed by atoms with van der Waals surface area (Å²) in [7, 11) is 1.68. The summed E-state index contributed by atoms with van der Waals surface area (Å²) >= 11 is 0. The van der Waals surface area contributed by atoms with Crippen molar-refractivity contribution in [3.05, 3.63) is 29.8 Å². The van der Waals surface area contributed by atoms with Crippen LogP contribution in [0.4, 0.5) is 0 Å². The normalized spacial score (nSPS) is 26.6. The maximum atomic E-state index is 9.39. The SMILES string of the molecule is COC1(c2cccc(O)c2)CCOC1. The molecule has 1 atom stereocenters. The molecule has 1 saturated heterocycles. The molecule has 0 aromatic heterocycles. The molecule has 1 aliphatic rings. The third-order valence-electron chi connectivity index (χ3n) is 2.75. The average Bonchev–Trinajstić information content (AvgIpc) is 2.67. The van der Waals surface area contributed by atoms with Gasteiger partial charge in [-0.1, -0.05) is 12.1 Å². The smallest absolute Gasteiger partial charge is 0.118 e. The van der Waals surface area contributed by atoms with Gasteiger partial charge in [-0.2, -0.15) is 0 Å². The lowest BCUT2D eigenvalue weighted by Crippen LogP contribution is -2.28. The second-order valence-electron chi connectivity index (χ2n) is 3.55. The largest absolute Gasteiger partial charge is 0.508 e. The van der Waals surface area contributed by atoms with E-state index in [1.165, 1.54) is 0 Å². The van der Waals surface area contributed by atoms with Gasteiger partial charge in [0.1, 0.15) is 11.4 Å². The first-order valence-electron chi connectivity index (χ1n) is 4.69. The molecule has 1 heterocycles. The number of methoxy groups -OCH3 is 1. The molecule has 76 valence electrons. The fraction of sp³-hybridized carbons (Fsp3) is 0.455. The zero-order chi connectivity index (χ0) is 10.0. The van der Waals surface area contributed by atoms with Crippen molar-refractivity contribution < 1.29 is 14.6 Å². The molecule has 14 heavy (non-hydrogen) atoms. The molecule has 0 spiro atoms. The summed E-state index contributed by atoms with van der Waals surface area (Å²) in [6, 6.07) is 7.17. The van der Waals surface area contributed by atoms with Gasteiger partial charge in [-0.15, -0.1) is 0 Å². The molecule has 0 aliphatic carbocycles. The van der Waals surface area contributed by atoms with Crippen molar-refractivity contribution >= 4 is 0 Å². The Labute approximate surface area is 83.3 Å². The second-order valence-corrected chi connectivity index (χ2v) is 3.55. The van der Waals surface area contributed by atoms with Gasteiger partial charge in [-0.05, 0) is 17.7 Å². The highest BCUT2D eigenvalue weighted by atomic mass is 16.5. The van der Waals surface area contributed by atoms with Gasteiger partial charge in [0.15, 0.2) is 0 Å². The van der Waals surface area contributed by atoms with E-state index in [-0.39, 0.29) is 11.4 Å². The molecule has 0 radical (unpaired) electrons. The van der Waals surface area contributed by atoms with Gasteiger partial charge in [0, 0.05) is 20.1 Å². The van der Waals surface area contributed by atoms with Gasteiger partial charge in [-0.3, -0.25) is 0 Å². The van der Waals surface area contributed by atoms with Gasteiger partial charge in [0.2, 0.25) is 0 Å². The van der Waals surface area contributed by atoms with E-state index in [0.717, 1.165) is 12.0 Å². The van der Waals surface area contributed by atoms with Crippen LogP contribution < -0.4 is 0 Å². The summed E-state index contributed by atoms with van der Waals surface area (Å²) in [5, 5.41) is 9.39. The van der Waals surface area contributed by atoms with Crippen molar-refractivity contribution in [2.24, 2.45) is 0 Å². The van der Waals surface area contributed by atoms with E-state index >= 15 is 0 Å². The van der Waals surface area contributed by atoms with Crippen LogP contribution in [0.1, 0.15) is 12.0 Å². The first kappa shape index (κ1) is 9.49. The summed E-state index contributed by atoms with van der Waals surface area (Å²) in [5.41, 5.74) is 0.621. The lowest BCUT2D eigenvalue weighted by Gasteiger charge is -2.26. The van der Waals surface area contributed by atoms with Crippen molar-refractivity contribution in [3.8, 4) is 5.75 Å². The Bertz CT molecular complexity index is 316. The molecule has 1 unspecified atom stereocenters. The van der Waals surface area contributed by atoms with E-state index in [1.54, 1.807) is 19.2 Å². The number of ether oxygens (including phenoxy) is 2. The fourth-order valence-corrected chi connectivity index (χ4v) is 1.84. The molecule has 1 aliphatic heterocycles. The maximum absolute atomic E-state index is 9.39. The number of hydrogen-bond donors (Lipinski definition) is 1. The summed E-state index contributed by atoms with van der Waals surface area (Å²) < 4.78 is 10.8. The Morgan fingerprint density at radius 1 is 1.50 bits per heavy atom. The summed E-state index contributed by atoms with van der Waals surface area (Å²) in [4.78, 5) is 0. The highest BCUT2D eigenvalue weighted by molar-refractivity contribution is 5.32. The molecule has 3 nitrogen and oxygen atoms in total. The highest BCUT2D eigenvalue weighted by Gasteiger charge is 2.36. The zero-order valence-electron chi connectivity index (χ0n) is 8.19. The van der Waals surface area contributed by atoms with Gasteiger partial charge in [0.05, 0.1) is 6.61 Å². The van der Waals surface area contributed by atoms with E-state index in [0.29, 0.717) is 13.2 Å². The Balaban J connectivity index is 2.35. The first-order chi connectivity index (χ1) is 6.77. The minimum Gasteiger partial charge on any atom is -0.508 e. The minimum atomic E-state index is -0.362. The number of phenolic OH excluding ortho intramolecular Hbond substituents is 1. The van der Waals surface area contributed by atoms with E-state index in [1.807, 2.05) is 12.1 Å². The molecular formula is C11H14O3. The molecule has 1 N–H and O–H groups in total. The molecule has 1 aromatic carbocycles. The zero-order valence-corrected chi connectivity index (χ0v) is 8.19. The molecule has 1 aromatic rings. The van der Waals surface area contributed by atoms with Crippen LogP contribution in [0, 0.1) is 0 Å². The topological polar surface area (TPSA) is 38.7 Å². The van der Waals surface area contributed by atoms with Crippen molar-refractivity contribution in [1.29, 1.82) is 0 Å². The van der Waals surface area contributed by atoms with Crippen LogP contribution in [0.2, 0.25) is 0 Å². The molecule has 0 bridgehead atoms. The van der Waals surface area contributed by atoms with E-state index in [4.69, 9.17) is 9.47 Å². The summed E-state index contributed by atoms with van der Waals surface area (Å²) in [6.45, 7) is 1.27. The number of benzene rings is 1. The first-order valence-corrected chi connectivity index (χ1v) is 4.69. The highest BCUT2D eigenvalue weighted by Crippen LogP contribution is 2.34. The molecular weight excluding hydrogens is 180 g/mol. The lowest BCUT2D eigenvalue weighted by atomic mass is 9.93. The maximum Gasteiger partial charge on any atom is 0.118 e. The fourth-order valence-electron chi connectivity index (χ4n) is 1.84. The van der Waals surface area contributed by atoms with Gasteiger partial charge >= 0.3 is 0 Å². The van der Waals surface area contributed by atoms with Crippen molar-refractivity contribution in [2.45, 2.75) is 12.0 Å². The van der Waals surface area contributed by atoms with Crippen molar-refractivity contribution in [3.63, 3.8) is 0 Å². The monoisotopic (exact) mass is 194 g/mol. The Morgan fingerprint density at radius 2 is 2.36 bits per heavy atom. The minimum absolute atomic E-state index is 0.269. The van der Waals surface area contributed by atoms with Crippen LogP contribution >= 0.6 is 0 Å². The van der Waals surface area contributed by atoms with Crippen LogP contribution in [0.5, 0.6) is 5.75 Å². The van der Waals surface area contributed by atoms with Gasteiger partial charge in [-0.25, -0.2) is 0 Å². The average molecular weight is 194 g/mol. The van der Waals surface area contributed by atoms with Crippen molar-refractivity contribution in [2.75, 3.05) is 20.3 Å². The lowest BCUT2D eigenvalue weighted by molar-refractivity contribution is -0.0214.